The lowest BCUT2D eigenvalue weighted by Crippen LogP contribution is -2.30. The molecule has 0 radical (unpaired) electrons. The number of aromatic nitrogens is 1. The molecule has 0 spiro atoms. The minimum Gasteiger partial charge on any atom is -0.466 e. The van der Waals surface area contributed by atoms with Crippen LogP contribution in [0, 0.1) is 24.0 Å². The van der Waals surface area contributed by atoms with Gasteiger partial charge in [-0.15, -0.1) is 0 Å². The molecule has 3 aromatic rings. The highest BCUT2D eigenvalue weighted by Gasteiger charge is 2.29. The predicted octanol–water partition coefficient (Wildman–Crippen LogP) is 5.76. The number of fused-ring (bicyclic) bond motifs is 1. The first-order valence-corrected chi connectivity index (χ1v) is 9.59. The van der Waals surface area contributed by atoms with Crippen molar-refractivity contribution in [2.24, 2.45) is 0 Å². The average Bonchev–Trinajstić information content (AvgIpc) is 3.07. The number of non-ortho nitro benzene ring substituents is 1. The van der Waals surface area contributed by atoms with E-state index in [0.717, 1.165) is 16.8 Å². The number of aromatic amines is 1. The van der Waals surface area contributed by atoms with Crippen molar-refractivity contribution in [2.45, 2.75) is 26.6 Å². The second kappa shape index (κ2) is 7.64. The van der Waals surface area contributed by atoms with Crippen LogP contribution in [0.1, 0.15) is 34.2 Å². The van der Waals surface area contributed by atoms with Crippen LogP contribution in [0.25, 0.3) is 6.08 Å². The Morgan fingerprint density at radius 1 is 1.17 bits per heavy atom. The summed E-state index contributed by atoms with van der Waals surface area (Å²) < 4.78 is 6.45. The maximum Gasteiger partial charge on any atom is 0.270 e. The van der Waals surface area contributed by atoms with Gasteiger partial charge in [0.25, 0.3) is 5.69 Å². The van der Waals surface area contributed by atoms with E-state index in [2.05, 4.69) is 22.0 Å². The number of rotatable bonds is 5. The van der Waals surface area contributed by atoms with Crippen molar-refractivity contribution in [1.29, 1.82) is 0 Å². The van der Waals surface area contributed by atoms with Crippen LogP contribution in [0.2, 0.25) is 5.15 Å². The van der Waals surface area contributed by atoms with Crippen molar-refractivity contribution in [2.75, 3.05) is 0 Å². The first-order chi connectivity index (χ1) is 13.9. The second-order valence-electron chi connectivity index (χ2n) is 7.10. The number of hydrogen-bond acceptors (Lipinski definition) is 4. The lowest BCUT2D eigenvalue weighted by molar-refractivity contribution is -0.385. The molecule has 29 heavy (non-hydrogen) atoms. The van der Waals surface area contributed by atoms with E-state index in [1.54, 1.807) is 0 Å². The summed E-state index contributed by atoms with van der Waals surface area (Å²) in [6.07, 6.45) is 3.53. The summed E-state index contributed by atoms with van der Waals surface area (Å²) in [5.41, 5.74) is 4.45. The van der Waals surface area contributed by atoms with E-state index in [4.69, 9.17) is 16.3 Å². The summed E-state index contributed by atoms with van der Waals surface area (Å²) in [6, 6.07) is 15.0. The lowest BCUT2D eigenvalue weighted by Gasteiger charge is -2.34. The number of H-pyrrole nitrogens is 1. The highest BCUT2D eigenvalue weighted by Crippen LogP contribution is 2.38. The van der Waals surface area contributed by atoms with Gasteiger partial charge in [-0.05, 0) is 42.7 Å². The molecule has 1 unspecified atom stereocenters. The molecule has 0 fully saturated rings. The smallest absolute Gasteiger partial charge is 0.270 e. The summed E-state index contributed by atoms with van der Waals surface area (Å²) in [7, 11) is 0. The molecule has 0 saturated heterocycles. The monoisotopic (exact) mass is 409 g/mol. The fourth-order valence-electron chi connectivity index (χ4n) is 3.61. The molecule has 7 heteroatoms. The van der Waals surface area contributed by atoms with Gasteiger partial charge in [-0.2, -0.15) is 0 Å². The Kier molecular flexibility index (Phi) is 5.03. The van der Waals surface area contributed by atoms with Gasteiger partial charge in [0, 0.05) is 36.1 Å². The molecule has 148 valence electrons. The van der Waals surface area contributed by atoms with E-state index in [1.807, 2.05) is 50.4 Å². The fraction of sp³-hybridized carbons (Fsp3) is 0.182. The van der Waals surface area contributed by atoms with Gasteiger partial charge in [-0.3, -0.25) is 10.1 Å². The predicted molar refractivity (Wildman–Crippen MR) is 113 cm³/mol. The summed E-state index contributed by atoms with van der Waals surface area (Å²) in [4.78, 5) is 16.0. The second-order valence-corrected chi connectivity index (χ2v) is 7.50. The molecule has 1 N–H and O–H groups in total. The molecule has 0 saturated carbocycles. The van der Waals surface area contributed by atoms with Gasteiger partial charge in [-0.1, -0.05) is 41.9 Å². The molecule has 1 aliphatic heterocycles. The quantitative estimate of drug-likeness (QED) is 0.429. The number of nitrogens with one attached hydrogen (secondary N) is 1. The molecule has 1 aromatic heterocycles. The van der Waals surface area contributed by atoms with E-state index >= 15 is 0 Å². The molecular weight excluding hydrogens is 390 g/mol. The third-order valence-corrected chi connectivity index (χ3v) is 5.14. The maximum atomic E-state index is 11.2. The zero-order valence-electron chi connectivity index (χ0n) is 16.1. The Balaban J connectivity index is 1.71. The summed E-state index contributed by atoms with van der Waals surface area (Å²) in [5, 5.41) is 11.7. The van der Waals surface area contributed by atoms with Crippen molar-refractivity contribution in [3.8, 4) is 5.75 Å². The molecular formula is C22H20ClN3O3. The van der Waals surface area contributed by atoms with E-state index < -0.39 is 11.2 Å². The Bertz CT molecular complexity index is 1070. The highest BCUT2D eigenvalue weighted by atomic mass is 35.5. The van der Waals surface area contributed by atoms with E-state index in [0.29, 0.717) is 28.6 Å². The van der Waals surface area contributed by atoms with Gasteiger partial charge in [-0.25, -0.2) is 0 Å². The number of ether oxygens (including phenoxy) is 1. The number of aryl methyl sites for hydroxylation is 2. The number of halogens is 1. The molecule has 4 rings (SSSR count). The van der Waals surface area contributed by atoms with Gasteiger partial charge >= 0.3 is 0 Å². The topological polar surface area (TPSA) is 71.4 Å². The van der Waals surface area contributed by atoms with E-state index in [9.17, 15) is 10.1 Å². The first kappa shape index (κ1) is 19.1. The Hall–Kier alpha value is -3.25. The molecule has 2 aromatic carbocycles. The summed E-state index contributed by atoms with van der Waals surface area (Å²) in [6.45, 7) is 4.29. The zero-order chi connectivity index (χ0) is 20.5. The van der Waals surface area contributed by atoms with Gasteiger partial charge in [0.1, 0.15) is 10.9 Å². The SMILES string of the molecule is Cc1cc([N+](=O)[O-])cc(C)c1OC1c2cc(Cl)[nH]c2C=CN1Cc1ccccc1. The zero-order valence-corrected chi connectivity index (χ0v) is 16.8. The molecule has 0 bridgehead atoms. The van der Waals surface area contributed by atoms with Crippen LogP contribution < -0.4 is 4.74 Å². The number of nitro benzene ring substituents is 1. The summed E-state index contributed by atoms with van der Waals surface area (Å²) in [5.74, 6) is 0.636. The van der Waals surface area contributed by atoms with Crippen molar-refractivity contribution in [3.63, 3.8) is 0 Å². The molecule has 6 nitrogen and oxygen atoms in total. The minimum atomic E-state index is -0.419. The number of benzene rings is 2. The number of nitro groups is 1. The summed E-state index contributed by atoms with van der Waals surface area (Å²) >= 11 is 6.21. The third-order valence-electron chi connectivity index (χ3n) is 4.94. The van der Waals surface area contributed by atoms with Crippen molar-refractivity contribution < 1.29 is 9.66 Å². The van der Waals surface area contributed by atoms with Crippen LogP contribution in [-0.2, 0) is 6.54 Å². The van der Waals surface area contributed by atoms with E-state index in [-0.39, 0.29) is 5.69 Å². The fourth-order valence-corrected chi connectivity index (χ4v) is 3.83. The first-order valence-electron chi connectivity index (χ1n) is 9.21. The standard InChI is InChI=1S/C22H20ClN3O3/c1-14-10-17(26(27)28)11-15(2)21(14)29-22-18-12-20(23)24-19(18)8-9-25(22)13-16-6-4-3-5-7-16/h3-12,22,24H,13H2,1-2H3. The molecule has 0 aliphatic carbocycles. The van der Waals surface area contributed by atoms with Crippen molar-refractivity contribution >= 4 is 23.4 Å². The van der Waals surface area contributed by atoms with Gasteiger partial charge in [0.05, 0.1) is 4.92 Å². The minimum absolute atomic E-state index is 0.0578. The Labute approximate surface area is 173 Å². The Morgan fingerprint density at radius 3 is 2.52 bits per heavy atom. The van der Waals surface area contributed by atoms with Crippen LogP contribution in [0.5, 0.6) is 5.75 Å². The van der Waals surface area contributed by atoms with E-state index in [1.165, 1.54) is 12.1 Å². The van der Waals surface area contributed by atoms with Crippen LogP contribution >= 0.6 is 11.6 Å². The number of hydrogen-bond donors (Lipinski definition) is 1. The van der Waals surface area contributed by atoms with Gasteiger partial charge < -0.3 is 14.6 Å². The third kappa shape index (κ3) is 3.84. The largest absolute Gasteiger partial charge is 0.466 e. The molecule has 1 aliphatic rings. The molecule has 2 heterocycles. The van der Waals surface area contributed by atoms with Crippen LogP contribution in [-0.4, -0.2) is 14.8 Å². The van der Waals surface area contributed by atoms with Crippen LogP contribution in [0.15, 0.2) is 54.7 Å². The van der Waals surface area contributed by atoms with Crippen LogP contribution in [0.3, 0.4) is 0 Å². The van der Waals surface area contributed by atoms with Gasteiger partial charge in [0.2, 0.25) is 6.23 Å². The van der Waals surface area contributed by atoms with Crippen molar-refractivity contribution in [1.82, 2.24) is 9.88 Å². The Morgan fingerprint density at radius 2 is 1.86 bits per heavy atom. The highest BCUT2D eigenvalue weighted by molar-refractivity contribution is 6.29. The number of nitrogens with zero attached hydrogens (tertiary/aromatic N) is 2. The lowest BCUT2D eigenvalue weighted by atomic mass is 10.1. The van der Waals surface area contributed by atoms with Crippen LogP contribution in [0.4, 0.5) is 5.69 Å². The van der Waals surface area contributed by atoms with Gasteiger partial charge in [0.15, 0.2) is 0 Å². The average molecular weight is 410 g/mol. The maximum absolute atomic E-state index is 11.2. The normalized spacial score (nSPS) is 15.3. The molecule has 1 atom stereocenters. The molecule has 0 amide bonds. The van der Waals surface area contributed by atoms with Crippen molar-refractivity contribution in [3.05, 3.63) is 97.9 Å².